The van der Waals surface area contributed by atoms with Crippen LogP contribution in [0.15, 0.2) is 54.1 Å². The Bertz CT molecular complexity index is 685. The number of ether oxygens (including phenoxy) is 2. The number of morpholine rings is 1. The Hall–Kier alpha value is -2.28. The summed E-state index contributed by atoms with van der Waals surface area (Å²) in [4.78, 5) is 13.9. The number of carbonyl (C=O) groups is 1. The predicted molar refractivity (Wildman–Crippen MR) is 84.8 cm³/mol. The molecule has 0 spiro atoms. The summed E-state index contributed by atoms with van der Waals surface area (Å²) in [5.41, 5.74) is 0.107. The van der Waals surface area contributed by atoms with Crippen LogP contribution >= 0.6 is 0 Å². The zero-order valence-electron chi connectivity index (χ0n) is 13.5. The molecule has 7 heteroatoms. The molecular formula is C18H18F3NO3. The third-order valence-electron chi connectivity index (χ3n) is 4.34. The molecule has 0 N–H and O–H groups in total. The Morgan fingerprint density at radius 2 is 2.00 bits per heavy atom. The quantitative estimate of drug-likeness (QED) is 0.829. The Kier molecular flexibility index (Phi) is 4.85. The minimum Gasteiger partial charge on any atom is -0.445 e. The van der Waals surface area contributed by atoms with E-state index in [0.29, 0.717) is 0 Å². The summed E-state index contributed by atoms with van der Waals surface area (Å²) in [6.45, 7) is 3.59. The van der Waals surface area contributed by atoms with E-state index in [-0.39, 0.29) is 31.8 Å². The number of halogens is 3. The van der Waals surface area contributed by atoms with Crippen molar-refractivity contribution in [3.8, 4) is 0 Å². The van der Waals surface area contributed by atoms with Gasteiger partial charge in [0.1, 0.15) is 6.61 Å². The van der Waals surface area contributed by atoms with Gasteiger partial charge in [-0.2, -0.15) is 13.2 Å². The van der Waals surface area contributed by atoms with Crippen molar-refractivity contribution in [3.63, 3.8) is 0 Å². The number of benzene rings is 1. The summed E-state index contributed by atoms with van der Waals surface area (Å²) < 4.78 is 49.4. The lowest BCUT2D eigenvalue weighted by Gasteiger charge is -2.44. The molecule has 1 aromatic rings. The van der Waals surface area contributed by atoms with Gasteiger partial charge < -0.3 is 9.47 Å². The SMILES string of the molecule is C=C(C1=CC2COCC(C1)N2C(=O)OCc1ccccc1)C(F)(F)F. The molecule has 1 aromatic carbocycles. The maximum atomic E-state index is 12.9. The molecule has 1 fully saturated rings. The first-order chi connectivity index (χ1) is 11.9. The van der Waals surface area contributed by atoms with Crippen LogP contribution in [0.5, 0.6) is 0 Å². The molecular weight excluding hydrogens is 335 g/mol. The van der Waals surface area contributed by atoms with E-state index >= 15 is 0 Å². The van der Waals surface area contributed by atoms with E-state index in [1.807, 2.05) is 30.3 Å². The maximum absolute atomic E-state index is 12.9. The fraction of sp³-hybridized carbons (Fsp3) is 0.389. The van der Waals surface area contributed by atoms with E-state index in [1.165, 1.54) is 11.0 Å². The van der Waals surface area contributed by atoms with Gasteiger partial charge >= 0.3 is 12.3 Å². The van der Waals surface area contributed by atoms with Gasteiger partial charge in [-0.15, -0.1) is 0 Å². The van der Waals surface area contributed by atoms with Crippen molar-refractivity contribution in [3.05, 3.63) is 59.7 Å². The van der Waals surface area contributed by atoms with Crippen LogP contribution in [0.2, 0.25) is 0 Å². The molecule has 25 heavy (non-hydrogen) atoms. The molecule has 0 radical (unpaired) electrons. The van der Waals surface area contributed by atoms with Crippen LogP contribution in [0.4, 0.5) is 18.0 Å². The number of fused-ring (bicyclic) bond motifs is 2. The average molecular weight is 353 g/mol. The number of alkyl halides is 3. The molecule has 3 rings (SSSR count). The second-order valence-corrected chi connectivity index (χ2v) is 6.08. The van der Waals surface area contributed by atoms with E-state index < -0.39 is 29.9 Å². The number of nitrogens with zero attached hydrogens (tertiary/aromatic N) is 1. The third-order valence-corrected chi connectivity index (χ3v) is 4.34. The fourth-order valence-electron chi connectivity index (χ4n) is 3.08. The van der Waals surface area contributed by atoms with Gasteiger partial charge in [0.05, 0.1) is 30.9 Å². The van der Waals surface area contributed by atoms with E-state index in [0.717, 1.165) is 5.56 Å². The first-order valence-corrected chi connectivity index (χ1v) is 7.90. The molecule has 1 saturated heterocycles. The summed E-state index contributed by atoms with van der Waals surface area (Å²) >= 11 is 0. The van der Waals surface area contributed by atoms with Crippen LogP contribution in [0, 0.1) is 0 Å². The lowest BCUT2D eigenvalue weighted by atomic mass is 9.90. The van der Waals surface area contributed by atoms with Gasteiger partial charge in [0.2, 0.25) is 0 Å². The first-order valence-electron chi connectivity index (χ1n) is 7.90. The molecule has 1 amide bonds. The van der Waals surface area contributed by atoms with Crippen molar-refractivity contribution >= 4 is 6.09 Å². The number of allylic oxidation sites excluding steroid dienone is 1. The Labute approximate surface area is 143 Å². The van der Waals surface area contributed by atoms with Gasteiger partial charge in [-0.1, -0.05) is 43.0 Å². The van der Waals surface area contributed by atoms with Gasteiger partial charge in [0.25, 0.3) is 0 Å². The van der Waals surface area contributed by atoms with Crippen LogP contribution in [-0.2, 0) is 16.1 Å². The standard InChI is InChI=1S/C18H18F3NO3/c1-12(18(19,20)21)14-7-15-10-24-11-16(8-14)22(15)17(23)25-9-13-5-3-2-4-6-13/h2-7,15-16H,1,8-11H2. The number of rotatable bonds is 3. The number of carbonyl (C=O) groups excluding carboxylic acids is 1. The molecule has 0 saturated carbocycles. The van der Waals surface area contributed by atoms with Crippen molar-refractivity contribution in [2.75, 3.05) is 13.2 Å². The predicted octanol–water partition coefficient (Wildman–Crippen LogP) is 3.84. The maximum Gasteiger partial charge on any atom is 0.416 e. The Morgan fingerprint density at radius 1 is 1.28 bits per heavy atom. The van der Waals surface area contributed by atoms with Crippen LogP contribution in [0.1, 0.15) is 12.0 Å². The zero-order valence-corrected chi connectivity index (χ0v) is 13.5. The highest BCUT2D eigenvalue weighted by Crippen LogP contribution is 2.37. The Balaban J connectivity index is 1.71. The fourth-order valence-corrected chi connectivity index (χ4v) is 3.08. The molecule has 2 aliphatic heterocycles. The highest BCUT2D eigenvalue weighted by Gasteiger charge is 2.43. The van der Waals surface area contributed by atoms with Crippen LogP contribution in [-0.4, -0.2) is 42.5 Å². The van der Waals surface area contributed by atoms with E-state index in [4.69, 9.17) is 9.47 Å². The molecule has 2 heterocycles. The molecule has 0 aliphatic carbocycles. The minimum atomic E-state index is -4.48. The summed E-state index contributed by atoms with van der Waals surface area (Å²) in [6, 6.07) is 8.13. The lowest BCUT2D eigenvalue weighted by molar-refractivity contribution is -0.0908. The van der Waals surface area contributed by atoms with E-state index in [1.54, 1.807) is 0 Å². The average Bonchev–Trinajstić information content (AvgIpc) is 2.58. The van der Waals surface area contributed by atoms with Gasteiger partial charge in [-0.25, -0.2) is 4.79 Å². The van der Waals surface area contributed by atoms with Gasteiger partial charge in [-0.05, 0) is 17.6 Å². The molecule has 2 aliphatic rings. The van der Waals surface area contributed by atoms with E-state index in [2.05, 4.69) is 6.58 Å². The van der Waals surface area contributed by atoms with Crippen molar-refractivity contribution in [1.82, 2.24) is 4.90 Å². The van der Waals surface area contributed by atoms with Crippen LogP contribution in [0.3, 0.4) is 0 Å². The lowest BCUT2D eigenvalue weighted by Crippen LogP contribution is -2.56. The van der Waals surface area contributed by atoms with Crippen molar-refractivity contribution in [2.45, 2.75) is 31.3 Å². The summed E-state index contributed by atoms with van der Waals surface area (Å²) in [7, 11) is 0. The normalized spacial score (nSPS) is 23.0. The monoisotopic (exact) mass is 353 g/mol. The minimum absolute atomic E-state index is 0.0509. The molecule has 2 unspecified atom stereocenters. The van der Waals surface area contributed by atoms with Crippen molar-refractivity contribution in [1.29, 1.82) is 0 Å². The number of amides is 1. The molecule has 2 atom stereocenters. The van der Waals surface area contributed by atoms with Crippen LogP contribution < -0.4 is 0 Å². The molecule has 134 valence electrons. The smallest absolute Gasteiger partial charge is 0.416 e. The van der Waals surface area contributed by atoms with Gasteiger partial charge in [-0.3, -0.25) is 4.90 Å². The Morgan fingerprint density at radius 3 is 2.64 bits per heavy atom. The number of hydrogen-bond acceptors (Lipinski definition) is 3. The van der Waals surface area contributed by atoms with Crippen molar-refractivity contribution in [2.24, 2.45) is 0 Å². The van der Waals surface area contributed by atoms with E-state index in [9.17, 15) is 18.0 Å². The molecule has 0 aromatic heterocycles. The summed E-state index contributed by atoms with van der Waals surface area (Å²) in [5, 5.41) is 0. The molecule has 2 bridgehead atoms. The highest BCUT2D eigenvalue weighted by molar-refractivity contribution is 5.70. The highest BCUT2D eigenvalue weighted by atomic mass is 19.4. The van der Waals surface area contributed by atoms with Gasteiger partial charge in [0, 0.05) is 0 Å². The van der Waals surface area contributed by atoms with Gasteiger partial charge in [0.15, 0.2) is 0 Å². The first kappa shape index (κ1) is 17.5. The second kappa shape index (κ2) is 6.92. The largest absolute Gasteiger partial charge is 0.445 e. The number of hydrogen-bond donors (Lipinski definition) is 0. The second-order valence-electron chi connectivity index (χ2n) is 6.08. The summed E-state index contributed by atoms with van der Waals surface area (Å²) in [5.74, 6) is 0. The van der Waals surface area contributed by atoms with Crippen LogP contribution in [0.25, 0.3) is 0 Å². The molecule has 4 nitrogen and oxygen atoms in total. The van der Waals surface area contributed by atoms with Crippen molar-refractivity contribution < 1.29 is 27.4 Å². The topological polar surface area (TPSA) is 38.8 Å². The third kappa shape index (κ3) is 3.87. The summed E-state index contributed by atoms with van der Waals surface area (Å²) in [6.07, 6.45) is -3.56. The zero-order chi connectivity index (χ0) is 18.0.